The van der Waals surface area contributed by atoms with Gasteiger partial charge in [-0.25, -0.2) is 0 Å². The second-order valence-corrected chi connectivity index (χ2v) is 5.14. The van der Waals surface area contributed by atoms with Crippen LogP contribution < -0.4 is 10.1 Å². The topological polar surface area (TPSA) is 45.0 Å². The molecule has 0 unspecified atom stereocenters. The van der Waals surface area contributed by atoms with Crippen molar-refractivity contribution in [3.05, 3.63) is 29.8 Å². The zero-order valence-electron chi connectivity index (χ0n) is 11.6. The number of nitrogens with zero attached hydrogens (tertiary/aromatic N) is 1. The van der Waals surface area contributed by atoms with Crippen LogP contribution in [0.4, 0.5) is 0 Å². The van der Waals surface area contributed by atoms with Crippen LogP contribution in [0.5, 0.6) is 5.75 Å². The van der Waals surface area contributed by atoms with E-state index in [0.29, 0.717) is 12.6 Å². The molecule has 1 aliphatic carbocycles. The van der Waals surface area contributed by atoms with Gasteiger partial charge in [-0.15, -0.1) is 0 Å². The molecule has 1 aromatic rings. The van der Waals surface area contributed by atoms with Gasteiger partial charge in [0.1, 0.15) is 5.75 Å². The predicted octanol–water partition coefficient (Wildman–Crippen LogP) is 3.26. The van der Waals surface area contributed by atoms with E-state index in [1.807, 2.05) is 19.1 Å². The molecule has 3 heteroatoms. The van der Waals surface area contributed by atoms with Crippen LogP contribution in [0.25, 0.3) is 0 Å². The number of hydrogen-bond donors (Lipinski definition) is 1. The van der Waals surface area contributed by atoms with Crippen LogP contribution >= 0.6 is 0 Å². The van der Waals surface area contributed by atoms with Crippen molar-refractivity contribution >= 4 is 0 Å². The van der Waals surface area contributed by atoms with Gasteiger partial charge in [-0.2, -0.15) is 5.26 Å². The fourth-order valence-corrected chi connectivity index (χ4v) is 2.56. The number of ether oxygens (including phenoxy) is 1. The molecule has 0 saturated heterocycles. The minimum absolute atomic E-state index is 0.281. The van der Waals surface area contributed by atoms with E-state index in [1.165, 1.54) is 5.56 Å². The van der Waals surface area contributed by atoms with Gasteiger partial charge >= 0.3 is 0 Å². The molecule has 3 nitrogen and oxygen atoms in total. The molecule has 0 atom stereocenters. The quantitative estimate of drug-likeness (QED) is 0.881. The first kappa shape index (κ1) is 13.9. The zero-order valence-corrected chi connectivity index (χ0v) is 11.6. The van der Waals surface area contributed by atoms with Gasteiger partial charge in [0.05, 0.1) is 12.7 Å². The average Bonchev–Trinajstić information content (AvgIpc) is 2.47. The van der Waals surface area contributed by atoms with Gasteiger partial charge in [-0.1, -0.05) is 12.1 Å². The van der Waals surface area contributed by atoms with Crippen LogP contribution in [0.1, 0.15) is 38.2 Å². The fourth-order valence-electron chi connectivity index (χ4n) is 2.56. The molecule has 1 saturated carbocycles. The van der Waals surface area contributed by atoms with E-state index in [9.17, 15) is 0 Å². The summed E-state index contributed by atoms with van der Waals surface area (Å²) in [6, 6.07) is 11.2. The van der Waals surface area contributed by atoms with Crippen molar-refractivity contribution in [1.29, 1.82) is 5.26 Å². The molecule has 0 amide bonds. The Morgan fingerprint density at radius 2 is 1.89 bits per heavy atom. The molecule has 19 heavy (non-hydrogen) atoms. The molecular formula is C16H22N2O. The van der Waals surface area contributed by atoms with Gasteiger partial charge < -0.3 is 10.1 Å². The molecule has 1 N–H and O–H groups in total. The second kappa shape index (κ2) is 7.16. The summed E-state index contributed by atoms with van der Waals surface area (Å²) in [7, 11) is 0. The van der Waals surface area contributed by atoms with Crippen molar-refractivity contribution in [2.24, 2.45) is 5.92 Å². The summed E-state index contributed by atoms with van der Waals surface area (Å²) in [6.07, 6.45) is 4.32. The SMILES string of the molecule is CCOc1ccc(CNC2CCC(C#N)CC2)cc1. The van der Waals surface area contributed by atoms with E-state index in [-0.39, 0.29) is 5.92 Å². The first-order valence-electron chi connectivity index (χ1n) is 7.16. The third-order valence-electron chi connectivity index (χ3n) is 3.74. The average molecular weight is 258 g/mol. The van der Waals surface area contributed by atoms with E-state index in [0.717, 1.165) is 38.0 Å². The maximum absolute atomic E-state index is 8.87. The summed E-state index contributed by atoms with van der Waals surface area (Å²) in [5.74, 6) is 1.21. The minimum Gasteiger partial charge on any atom is -0.494 e. The fraction of sp³-hybridized carbons (Fsp3) is 0.562. The van der Waals surface area contributed by atoms with Gasteiger partial charge in [0.25, 0.3) is 0 Å². The molecule has 2 rings (SSSR count). The molecule has 0 aliphatic heterocycles. The van der Waals surface area contributed by atoms with E-state index in [1.54, 1.807) is 0 Å². The monoisotopic (exact) mass is 258 g/mol. The summed E-state index contributed by atoms with van der Waals surface area (Å²) in [5, 5.41) is 12.5. The number of nitrogens with one attached hydrogen (secondary N) is 1. The highest BCUT2D eigenvalue weighted by atomic mass is 16.5. The summed E-state index contributed by atoms with van der Waals surface area (Å²) in [4.78, 5) is 0. The molecule has 0 radical (unpaired) electrons. The van der Waals surface area contributed by atoms with Gasteiger partial charge in [-0.3, -0.25) is 0 Å². The largest absolute Gasteiger partial charge is 0.494 e. The van der Waals surface area contributed by atoms with E-state index in [4.69, 9.17) is 10.00 Å². The van der Waals surface area contributed by atoms with E-state index >= 15 is 0 Å². The molecule has 0 spiro atoms. The van der Waals surface area contributed by atoms with Crippen LogP contribution in [0.3, 0.4) is 0 Å². The Morgan fingerprint density at radius 1 is 1.21 bits per heavy atom. The van der Waals surface area contributed by atoms with Crippen LogP contribution in [-0.2, 0) is 6.54 Å². The highest BCUT2D eigenvalue weighted by Crippen LogP contribution is 2.23. The number of benzene rings is 1. The Morgan fingerprint density at radius 3 is 2.47 bits per heavy atom. The molecular weight excluding hydrogens is 236 g/mol. The van der Waals surface area contributed by atoms with Crippen molar-refractivity contribution in [3.63, 3.8) is 0 Å². The van der Waals surface area contributed by atoms with E-state index in [2.05, 4.69) is 23.5 Å². The highest BCUT2D eigenvalue weighted by molar-refractivity contribution is 5.27. The molecule has 0 bridgehead atoms. The first-order valence-corrected chi connectivity index (χ1v) is 7.16. The summed E-state index contributed by atoms with van der Waals surface area (Å²) in [5.41, 5.74) is 1.28. The Bertz CT molecular complexity index is 413. The third kappa shape index (κ3) is 4.25. The molecule has 1 fully saturated rings. The lowest BCUT2D eigenvalue weighted by atomic mass is 9.87. The molecule has 0 heterocycles. The molecule has 102 valence electrons. The van der Waals surface area contributed by atoms with Gasteiger partial charge in [0.2, 0.25) is 0 Å². The minimum atomic E-state index is 0.281. The predicted molar refractivity (Wildman–Crippen MR) is 75.8 cm³/mol. The highest BCUT2D eigenvalue weighted by Gasteiger charge is 2.20. The van der Waals surface area contributed by atoms with Crippen LogP contribution in [-0.4, -0.2) is 12.6 Å². The molecule has 0 aromatic heterocycles. The molecule has 1 aromatic carbocycles. The summed E-state index contributed by atoms with van der Waals surface area (Å²) in [6.45, 7) is 3.60. The second-order valence-electron chi connectivity index (χ2n) is 5.14. The van der Waals surface area contributed by atoms with Crippen molar-refractivity contribution in [3.8, 4) is 11.8 Å². The van der Waals surface area contributed by atoms with Crippen molar-refractivity contribution in [1.82, 2.24) is 5.32 Å². The first-order chi connectivity index (χ1) is 9.31. The van der Waals surface area contributed by atoms with Crippen molar-refractivity contribution in [2.45, 2.75) is 45.2 Å². The van der Waals surface area contributed by atoms with Gasteiger partial charge in [0, 0.05) is 18.5 Å². The maximum atomic E-state index is 8.87. The lowest BCUT2D eigenvalue weighted by Gasteiger charge is -2.25. The van der Waals surface area contributed by atoms with E-state index < -0.39 is 0 Å². The van der Waals surface area contributed by atoms with Crippen LogP contribution in [0.15, 0.2) is 24.3 Å². The zero-order chi connectivity index (χ0) is 13.5. The van der Waals surface area contributed by atoms with Crippen molar-refractivity contribution in [2.75, 3.05) is 6.61 Å². The van der Waals surface area contributed by atoms with Crippen molar-refractivity contribution < 1.29 is 4.74 Å². The smallest absolute Gasteiger partial charge is 0.119 e. The Hall–Kier alpha value is -1.53. The standard InChI is InChI=1S/C16H22N2O/c1-2-19-16-9-5-14(6-10-16)12-18-15-7-3-13(11-17)4-8-15/h5-6,9-10,13,15,18H,2-4,7-8,12H2,1H3. The summed E-state index contributed by atoms with van der Waals surface area (Å²) >= 11 is 0. The Balaban J connectivity index is 1.75. The number of nitriles is 1. The van der Waals surface area contributed by atoms with Crippen LogP contribution in [0, 0.1) is 17.2 Å². The van der Waals surface area contributed by atoms with Crippen LogP contribution in [0.2, 0.25) is 0 Å². The van der Waals surface area contributed by atoms with Gasteiger partial charge in [0.15, 0.2) is 0 Å². The number of rotatable bonds is 5. The maximum Gasteiger partial charge on any atom is 0.119 e. The lowest BCUT2D eigenvalue weighted by molar-refractivity contribution is 0.330. The third-order valence-corrected chi connectivity index (χ3v) is 3.74. The Labute approximate surface area is 115 Å². The normalized spacial score (nSPS) is 22.7. The lowest BCUT2D eigenvalue weighted by Crippen LogP contribution is -2.32. The van der Waals surface area contributed by atoms with Gasteiger partial charge in [-0.05, 0) is 50.3 Å². The Kier molecular flexibility index (Phi) is 5.23. The molecule has 1 aliphatic rings. The summed E-state index contributed by atoms with van der Waals surface area (Å²) < 4.78 is 5.43. The number of hydrogen-bond acceptors (Lipinski definition) is 3.